The molecule has 1 saturated heterocycles. The van der Waals surface area contributed by atoms with Crippen LogP contribution in [0, 0.1) is 0 Å². The molecule has 286 valence electrons. The van der Waals surface area contributed by atoms with Gasteiger partial charge in [-0.2, -0.15) is 35.1 Å². The van der Waals surface area contributed by atoms with Crippen molar-refractivity contribution in [2.24, 2.45) is 0 Å². The minimum Gasteiger partial charge on any atom is -0.487 e. The molecule has 1 aromatic carbocycles. The molecular weight excluding hydrogens is 742 g/mol. The maximum Gasteiger partial charge on any atom is 0.433 e. The summed E-state index contributed by atoms with van der Waals surface area (Å²) in [5.74, 6) is -2.38. The zero-order valence-electron chi connectivity index (χ0n) is 26.6. The summed E-state index contributed by atoms with van der Waals surface area (Å²) in [6, 6.07) is 5.05. The number of benzene rings is 1. The summed E-state index contributed by atoms with van der Waals surface area (Å²) < 4.78 is 130. The standard InChI is InChI=1S/C31H31F8N3O9S/c1-13(44)42-23-25(46)24(45)20(12-43)49-26(23)51-22-7-2-14(10-40-22)8-17(15-3-6-18(50-28(32)33)19(9-15)48-16-4-5-16)21-11-41-27(52-21)29(47,30(34,35)36)31(37,38)39/h2-3,6-7,9-11,16-17,20,23-26,28,43,45-47H,4-5,8,12H2,1H3,(H,42,44)/t17-,20?,23+,24+,25?,26-/m0/s1. The van der Waals surface area contributed by atoms with Gasteiger partial charge < -0.3 is 44.7 Å². The Morgan fingerprint density at radius 3 is 2.25 bits per heavy atom. The fraction of sp³-hybridized carbons (Fsp3) is 0.516. The molecule has 2 aliphatic rings. The highest BCUT2D eigenvalue weighted by molar-refractivity contribution is 7.11. The quantitative estimate of drug-likeness (QED) is 0.161. The lowest BCUT2D eigenvalue weighted by atomic mass is 9.91. The lowest BCUT2D eigenvalue weighted by Crippen LogP contribution is -2.65. The molecule has 21 heteroatoms. The molecule has 12 nitrogen and oxygen atoms in total. The molecule has 2 fully saturated rings. The summed E-state index contributed by atoms with van der Waals surface area (Å²) in [7, 11) is 0. The van der Waals surface area contributed by atoms with Crippen LogP contribution in [0.1, 0.15) is 46.7 Å². The summed E-state index contributed by atoms with van der Waals surface area (Å²) in [6.07, 6.45) is -15.7. The Hall–Kier alpha value is -3.89. The molecule has 3 aromatic rings. The third-order valence-corrected chi connectivity index (χ3v) is 9.35. The van der Waals surface area contributed by atoms with Gasteiger partial charge in [-0.05, 0) is 42.5 Å². The summed E-state index contributed by atoms with van der Waals surface area (Å²) in [5, 5.41) is 40.9. The Bertz CT molecular complexity index is 1680. The van der Waals surface area contributed by atoms with Gasteiger partial charge in [-0.25, -0.2) is 9.97 Å². The summed E-state index contributed by atoms with van der Waals surface area (Å²) in [5.41, 5.74) is -4.79. The van der Waals surface area contributed by atoms with Gasteiger partial charge in [-0.15, -0.1) is 11.3 Å². The van der Waals surface area contributed by atoms with Crippen molar-refractivity contribution in [3.8, 4) is 17.4 Å². The Morgan fingerprint density at radius 2 is 1.69 bits per heavy atom. The van der Waals surface area contributed by atoms with Crippen LogP contribution in [0.3, 0.4) is 0 Å². The summed E-state index contributed by atoms with van der Waals surface area (Å²) in [4.78, 5) is 19.0. The molecule has 0 spiro atoms. The van der Waals surface area contributed by atoms with Crippen LogP contribution in [0.15, 0.2) is 42.7 Å². The molecule has 0 radical (unpaired) electrons. The van der Waals surface area contributed by atoms with E-state index >= 15 is 0 Å². The highest BCUT2D eigenvalue weighted by atomic mass is 32.1. The third kappa shape index (κ3) is 8.49. The Morgan fingerprint density at radius 1 is 1.00 bits per heavy atom. The average Bonchev–Trinajstić information content (AvgIpc) is 3.74. The average molecular weight is 774 g/mol. The topological polar surface area (TPSA) is 173 Å². The van der Waals surface area contributed by atoms with Crippen molar-refractivity contribution in [1.29, 1.82) is 0 Å². The monoisotopic (exact) mass is 773 g/mol. The largest absolute Gasteiger partial charge is 0.487 e. The number of carbonyl (C=O) groups is 1. The van der Waals surface area contributed by atoms with E-state index in [9.17, 15) is 60.3 Å². The molecule has 1 aliphatic heterocycles. The number of alkyl halides is 8. The molecule has 1 amide bonds. The fourth-order valence-electron chi connectivity index (χ4n) is 5.32. The zero-order valence-corrected chi connectivity index (χ0v) is 27.5. The van der Waals surface area contributed by atoms with Crippen LogP contribution in [0.25, 0.3) is 0 Å². The number of pyridine rings is 1. The van der Waals surface area contributed by atoms with E-state index in [1.807, 2.05) is 0 Å². The SMILES string of the molecule is CC(=O)N[C@@H]1C(O)[C@H](O)C(CO)O[C@H]1Oc1ccc(C[C@@H](c2ccc(OC(F)F)c(OC3CC3)c2)c2cnc(C(O)(C(F)(F)F)C(F)(F)F)s2)cn1. The van der Waals surface area contributed by atoms with Gasteiger partial charge in [0, 0.05) is 36.2 Å². The van der Waals surface area contributed by atoms with Gasteiger partial charge >= 0.3 is 24.6 Å². The Kier molecular flexibility index (Phi) is 11.5. The van der Waals surface area contributed by atoms with E-state index in [2.05, 4.69) is 20.0 Å². The lowest BCUT2D eigenvalue weighted by Gasteiger charge is -2.41. The number of ether oxygens (including phenoxy) is 4. The molecule has 0 bridgehead atoms. The van der Waals surface area contributed by atoms with Crippen LogP contribution in [-0.2, 0) is 21.6 Å². The van der Waals surface area contributed by atoms with Crippen molar-refractivity contribution in [3.63, 3.8) is 0 Å². The predicted molar refractivity (Wildman–Crippen MR) is 161 cm³/mol. The van der Waals surface area contributed by atoms with Crippen LogP contribution >= 0.6 is 11.3 Å². The van der Waals surface area contributed by atoms with Crippen LogP contribution in [0.2, 0.25) is 0 Å². The van der Waals surface area contributed by atoms with Crippen molar-refractivity contribution < 1.29 is 79.3 Å². The predicted octanol–water partition coefficient (Wildman–Crippen LogP) is 3.69. The van der Waals surface area contributed by atoms with Crippen molar-refractivity contribution in [3.05, 3.63) is 63.7 Å². The van der Waals surface area contributed by atoms with Gasteiger partial charge in [0.1, 0.15) is 29.4 Å². The number of hydrogen-bond donors (Lipinski definition) is 5. The van der Waals surface area contributed by atoms with E-state index in [1.54, 1.807) is 0 Å². The first-order valence-electron chi connectivity index (χ1n) is 15.4. The maximum atomic E-state index is 13.7. The highest BCUT2D eigenvalue weighted by Gasteiger charge is 2.73. The lowest BCUT2D eigenvalue weighted by molar-refractivity contribution is -0.376. The number of halogens is 8. The summed E-state index contributed by atoms with van der Waals surface area (Å²) in [6.45, 7) is -2.82. The number of nitrogens with one attached hydrogen (secondary N) is 1. The van der Waals surface area contributed by atoms with E-state index < -0.39 is 78.6 Å². The molecular formula is C31H31F8N3O9S. The van der Waals surface area contributed by atoms with E-state index in [-0.39, 0.29) is 51.7 Å². The molecule has 3 heterocycles. The normalized spacial score (nSPS) is 23.3. The van der Waals surface area contributed by atoms with Gasteiger partial charge in [-0.3, -0.25) is 4.79 Å². The molecule has 2 aromatic heterocycles. The van der Waals surface area contributed by atoms with Crippen LogP contribution in [0.4, 0.5) is 35.1 Å². The second-order valence-electron chi connectivity index (χ2n) is 12.0. The number of amides is 1. The second-order valence-corrected chi connectivity index (χ2v) is 13.1. The molecule has 6 atom stereocenters. The number of rotatable bonds is 13. The molecule has 2 unspecified atom stereocenters. The van der Waals surface area contributed by atoms with Crippen LogP contribution in [0.5, 0.6) is 17.4 Å². The third-order valence-electron chi connectivity index (χ3n) is 8.13. The number of aliphatic hydroxyl groups excluding tert-OH is 3. The number of thiazole rings is 1. The van der Waals surface area contributed by atoms with Crippen molar-refractivity contribution in [2.45, 2.75) is 93.4 Å². The fourth-order valence-corrected chi connectivity index (χ4v) is 6.50. The van der Waals surface area contributed by atoms with Gasteiger partial charge in [0.25, 0.3) is 0 Å². The van der Waals surface area contributed by atoms with Gasteiger partial charge in [0.05, 0.1) is 12.7 Å². The minimum absolute atomic E-state index is 0.0570. The number of hydrogen-bond acceptors (Lipinski definition) is 12. The van der Waals surface area contributed by atoms with Crippen LogP contribution in [-0.4, -0.2) is 98.6 Å². The molecule has 1 saturated carbocycles. The minimum atomic E-state index is -6.19. The van der Waals surface area contributed by atoms with Crippen LogP contribution < -0.4 is 19.5 Å². The van der Waals surface area contributed by atoms with Crippen molar-refractivity contribution in [2.75, 3.05) is 6.61 Å². The molecule has 1 aliphatic carbocycles. The zero-order chi connectivity index (χ0) is 38.2. The Balaban J connectivity index is 1.48. The van der Waals surface area contributed by atoms with Gasteiger partial charge in [-0.1, -0.05) is 12.1 Å². The maximum absolute atomic E-state index is 13.7. The smallest absolute Gasteiger partial charge is 0.433 e. The first kappa shape index (κ1) is 39.3. The molecule has 5 rings (SSSR count). The van der Waals surface area contributed by atoms with Crippen molar-refractivity contribution in [1.82, 2.24) is 15.3 Å². The first-order valence-corrected chi connectivity index (χ1v) is 16.2. The van der Waals surface area contributed by atoms with E-state index in [0.29, 0.717) is 18.4 Å². The number of nitrogens with zero attached hydrogens (tertiary/aromatic N) is 2. The number of aromatic nitrogens is 2. The van der Waals surface area contributed by atoms with Crippen molar-refractivity contribution >= 4 is 17.2 Å². The first-order chi connectivity index (χ1) is 24.3. The number of carbonyl (C=O) groups excluding carboxylic acids is 1. The molecule has 5 N–H and O–H groups in total. The van der Waals surface area contributed by atoms with Gasteiger partial charge in [0.2, 0.25) is 18.1 Å². The number of aliphatic hydroxyl groups is 4. The summed E-state index contributed by atoms with van der Waals surface area (Å²) >= 11 is -0.0570. The van der Waals surface area contributed by atoms with E-state index in [0.717, 1.165) is 19.2 Å². The van der Waals surface area contributed by atoms with Gasteiger partial charge in [0.15, 0.2) is 11.5 Å². The van der Waals surface area contributed by atoms with E-state index in [4.69, 9.17) is 14.2 Å². The van der Waals surface area contributed by atoms with E-state index in [1.165, 1.54) is 30.5 Å². The Labute approximate surface area is 292 Å². The second kappa shape index (κ2) is 15.2. The molecule has 52 heavy (non-hydrogen) atoms. The highest BCUT2D eigenvalue weighted by Crippen LogP contribution is 2.52.